The van der Waals surface area contributed by atoms with Gasteiger partial charge in [-0.25, -0.2) is 4.79 Å². The molecule has 0 spiro atoms. The smallest absolute Gasteiger partial charge is 0.317 e. The van der Waals surface area contributed by atoms with Crippen LogP contribution in [0.25, 0.3) is 0 Å². The van der Waals surface area contributed by atoms with Gasteiger partial charge in [0.25, 0.3) is 0 Å². The van der Waals surface area contributed by atoms with E-state index < -0.39 is 34.9 Å². The molecular formula is C27H46N4O4. The molecule has 0 heterocycles. The topological polar surface area (TPSA) is 125 Å². The molecule has 0 saturated carbocycles. The number of hydrogen-bond donors (Lipinski definition) is 4. The van der Waals surface area contributed by atoms with E-state index in [1.54, 1.807) is 25.7 Å². The van der Waals surface area contributed by atoms with Crippen LogP contribution in [0, 0.1) is 17.3 Å². The highest BCUT2D eigenvalue weighted by Gasteiger charge is 2.38. The number of rotatable bonds is 12. The number of nitrogens with zero attached hydrogens (tertiary/aromatic N) is 1. The lowest BCUT2D eigenvalue weighted by atomic mass is 9.78. The summed E-state index contributed by atoms with van der Waals surface area (Å²) < 4.78 is 0. The quantitative estimate of drug-likeness (QED) is 0.359. The number of nitrogens with one attached hydrogen (secondary N) is 2. The fourth-order valence-corrected chi connectivity index (χ4v) is 3.44. The van der Waals surface area contributed by atoms with Gasteiger partial charge in [-0.3, -0.25) is 9.59 Å². The summed E-state index contributed by atoms with van der Waals surface area (Å²) in [6, 6.07) is 8.60. The zero-order valence-electron chi connectivity index (χ0n) is 22.7. The Morgan fingerprint density at radius 3 is 2.09 bits per heavy atom. The van der Waals surface area contributed by atoms with Gasteiger partial charge in [0.1, 0.15) is 0 Å². The Balaban J connectivity index is 3.15. The number of aliphatic hydroxyl groups excluding tert-OH is 1. The zero-order valence-corrected chi connectivity index (χ0v) is 22.7. The summed E-state index contributed by atoms with van der Waals surface area (Å²) in [6.45, 7) is 15.3. The number of carbonyl (C=O) groups excluding carboxylic acids is 3. The van der Waals surface area contributed by atoms with Crippen LogP contribution in [-0.2, 0) is 16.0 Å². The van der Waals surface area contributed by atoms with Crippen molar-refractivity contribution in [1.82, 2.24) is 15.5 Å². The summed E-state index contributed by atoms with van der Waals surface area (Å²) in [7, 11) is 0. The highest BCUT2D eigenvalue weighted by molar-refractivity contribution is 5.89. The first-order chi connectivity index (χ1) is 16.0. The minimum Gasteiger partial charge on any atom is -0.389 e. The van der Waals surface area contributed by atoms with Gasteiger partial charge in [0.2, 0.25) is 11.8 Å². The van der Waals surface area contributed by atoms with E-state index in [-0.39, 0.29) is 18.5 Å². The van der Waals surface area contributed by atoms with Gasteiger partial charge >= 0.3 is 6.03 Å². The normalized spacial score (nSPS) is 14.7. The van der Waals surface area contributed by atoms with Crippen LogP contribution in [0.15, 0.2) is 30.3 Å². The molecule has 0 saturated heterocycles. The molecule has 0 aliphatic rings. The molecule has 4 amide bonds. The Morgan fingerprint density at radius 2 is 1.60 bits per heavy atom. The summed E-state index contributed by atoms with van der Waals surface area (Å²) in [5.41, 5.74) is 4.97. The van der Waals surface area contributed by atoms with Crippen molar-refractivity contribution in [3.05, 3.63) is 35.9 Å². The van der Waals surface area contributed by atoms with Gasteiger partial charge in [-0.2, -0.15) is 0 Å². The van der Waals surface area contributed by atoms with Crippen molar-refractivity contribution in [2.24, 2.45) is 23.0 Å². The molecule has 8 heteroatoms. The number of benzene rings is 1. The Labute approximate surface area is 211 Å². The summed E-state index contributed by atoms with van der Waals surface area (Å²) >= 11 is 0. The van der Waals surface area contributed by atoms with Crippen LogP contribution >= 0.6 is 0 Å². The van der Waals surface area contributed by atoms with Crippen molar-refractivity contribution in [2.75, 3.05) is 13.1 Å². The van der Waals surface area contributed by atoms with Crippen LogP contribution in [0.3, 0.4) is 0 Å². The highest BCUT2D eigenvalue weighted by Crippen LogP contribution is 2.26. The maximum Gasteiger partial charge on any atom is 0.317 e. The molecule has 3 atom stereocenters. The number of primary amides is 1. The molecule has 8 nitrogen and oxygen atoms in total. The SMILES string of the molecule is CC(C)CCN(C[C@@H](O)[C@H](Cc1ccccc1)NC(=O)C(C)C(C)(C)C(N)=O)C(=O)NC(C)(C)C. The third-order valence-electron chi connectivity index (χ3n) is 6.35. The van der Waals surface area contributed by atoms with Crippen molar-refractivity contribution in [2.45, 2.75) is 85.9 Å². The largest absolute Gasteiger partial charge is 0.389 e. The molecular weight excluding hydrogens is 444 g/mol. The second-order valence-corrected chi connectivity index (χ2v) is 11.5. The van der Waals surface area contributed by atoms with E-state index >= 15 is 0 Å². The van der Waals surface area contributed by atoms with Crippen molar-refractivity contribution in [3.63, 3.8) is 0 Å². The van der Waals surface area contributed by atoms with Crippen molar-refractivity contribution >= 4 is 17.8 Å². The van der Waals surface area contributed by atoms with E-state index in [0.29, 0.717) is 18.9 Å². The molecule has 0 fully saturated rings. The predicted molar refractivity (Wildman–Crippen MR) is 140 cm³/mol. The van der Waals surface area contributed by atoms with Gasteiger partial charge in [-0.1, -0.05) is 65.0 Å². The lowest BCUT2D eigenvalue weighted by Crippen LogP contribution is -2.56. The summed E-state index contributed by atoms with van der Waals surface area (Å²) in [4.78, 5) is 39.6. The summed E-state index contributed by atoms with van der Waals surface area (Å²) in [5, 5.41) is 17.2. The minimum atomic E-state index is -1.05. The van der Waals surface area contributed by atoms with E-state index in [2.05, 4.69) is 24.5 Å². The molecule has 1 aromatic rings. The molecule has 198 valence electrons. The number of aliphatic hydroxyl groups is 1. The first kappa shape index (κ1) is 30.4. The minimum absolute atomic E-state index is 0.0556. The number of carbonyl (C=O) groups is 3. The van der Waals surface area contributed by atoms with Crippen LogP contribution in [0.2, 0.25) is 0 Å². The predicted octanol–water partition coefficient (Wildman–Crippen LogP) is 3.08. The molecule has 0 radical (unpaired) electrons. The van der Waals surface area contributed by atoms with Gasteiger partial charge in [0.05, 0.1) is 24.1 Å². The van der Waals surface area contributed by atoms with Crippen LogP contribution in [0.1, 0.15) is 67.4 Å². The fraction of sp³-hybridized carbons (Fsp3) is 0.667. The standard InChI is InChI=1S/C27H46N4O4/c1-18(2)14-15-31(25(35)30-26(4,5)6)17-22(32)21(16-20-12-10-9-11-13-20)29-23(33)19(3)27(7,8)24(28)34/h9-13,18-19,21-22,32H,14-17H2,1-8H3,(H2,28,34)(H,29,33)(H,30,35)/t19?,21-,22+/m0/s1. The van der Waals surface area contributed by atoms with E-state index in [1.807, 2.05) is 51.1 Å². The Morgan fingerprint density at radius 1 is 1.03 bits per heavy atom. The lowest BCUT2D eigenvalue weighted by Gasteiger charge is -2.34. The molecule has 1 aromatic carbocycles. The van der Waals surface area contributed by atoms with Gasteiger partial charge in [0, 0.05) is 18.0 Å². The molecule has 35 heavy (non-hydrogen) atoms. The van der Waals surface area contributed by atoms with Gasteiger partial charge < -0.3 is 26.4 Å². The molecule has 0 bridgehead atoms. The monoisotopic (exact) mass is 490 g/mol. The summed E-state index contributed by atoms with van der Waals surface area (Å²) in [5.74, 6) is -1.26. The van der Waals surface area contributed by atoms with Crippen molar-refractivity contribution in [1.29, 1.82) is 0 Å². The van der Waals surface area contributed by atoms with E-state index in [4.69, 9.17) is 5.73 Å². The molecule has 0 aliphatic carbocycles. The Hall–Kier alpha value is -2.61. The Kier molecular flexibility index (Phi) is 11.2. The van der Waals surface area contributed by atoms with Gasteiger partial charge in [-0.15, -0.1) is 0 Å². The van der Waals surface area contributed by atoms with Crippen LogP contribution in [0.4, 0.5) is 4.79 Å². The molecule has 5 N–H and O–H groups in total. The zero-order chi connectivity index (χ0) is 27.0. The third kappa shape index (κ3) is 10.3. The second-order valence-electron chi connectivity index (χ2n) is 11.5. The fourth-order valence-electron chi connectivity index (χ4n) is 3.44. The van der Waals surface area contributed by atoms with Crippen LogP contribution < -0.4 is 16.4 Å². The second kappa shape index (κ2) is 12.9. The van der Waals surface area contributed by atoms with E-state index in [9.17, 15) is 19.5 Å². The molecule has 1 rings (SSSR count). The summed E-state index contributed by atoms with van der Waals surface area (Å²) in [6.07, 6.45) is 0.126. The van der Waals surface area contributed by atoms with Crippen molar-refractivity contribution in [3.8, 4) is 0 Å². The lowest BCUT2D eigenvalue weighted by molar-refractivity contribution is -0.138. The van der Waals surface area contributed by atoms with E-state index in [1.165, 1.54) is 0 Å². The van der Waals surface area contributed by atoms with Gasteiger partial charge in [0.15, 0.2) is 0 Å². The van der Waals surface area contributed by atoms with E-state index in [0.717, 1.165) is 12.0 Å². The highest BCUT2D eigenvalue weighted by atomic mass is 16.3. The molecule has 0 aliphatic heterocycles. The number of nitrogens with two attached hydrogens (primary N) is 1. The number of urea groups is 1. The van der Waals surface area contributed by atoms with Crippen molar-refractivity contribution < 1.29 is 19.5 Å². The maximum atomic E-state index is 13.1. The van der Waals surface area contributed by atoms with Gasteiger partial charge in [-0.05, 0) is 45.1 Å². The molecule has 0 aromatic heterocycles. The third-order valence-corrected chi connectivity index (χ3v) is 6.35. The first-order valence-corrected chi connectivity index (χ1v) is 12.4. The van der Waals surface area contributed by atoms with Crippen LogP contribution in [-0.4, -0.2) is 58.6 Å². The Bertz CT molecular complexity index is 833. The maximum absolute atomic E-state index is 13.1. The average molecular weight is 491 g/mol. The number of amides is 4. The molecule has 1 unspecified atom stereocenters. The first-order valence-electron chi connectivity index (χ1n) is 12.4. The van der Waals surface area contributed by atoms with Crippen LogP contribution in [0.5, 0.6) is 0 Å². The number of hydrogen-bond acceptors (Lipinski definition) is 4. The average Bonchev–Trinajstić information content (AvgIpc) is 2.74.